The van der Waals surface area contributed by atoms with Gasteiger partial charge in [0.2, 0.25) is 0 Å². The van der Waals surface area contributed by atoms with Gasteiger partial charge in [-0.25, -0.2) is 0 Å². The van der Waals surface area contributed by atoms with Gasteiger partial charge in [-0.2, -0.15) is 5.10 Å². The Balaban J connectivity index is 1.70. The van der Waals surface area contributed by atoms with Gasteiger partial charge < -0.3 is 15.4 Å². The Bertz CT molecular complexity index is 1030. The average Bonchev–Trinajstić information content (AvgIpc) is 3.18. The summed E-state index contributed by atoms with van der Waals surface area (Å²) in [5.74, 6) is 0.133. The monoisotopic (exact) mass is 457 g/mol. The fourth-order valence-corrected chi connectivity index (χ4v) is 2.86. The number of nitrogens with one attached hydrogen (secondary N) is 2. The van der Waals surface area contributed by atoms with E-state index in [1.165, 1.54) is 17.1 Å². The van der Waals surface area contributed by atoms with Crippen LogP contribution in [0.5, 0.6) is 5.75 Å². The molecule has 0 aliphatic carbocycles. The second-order valence-electron chi connectivity index (χ2n) is 6.76. The van der Waals surface area contributed by atoms with Crippen LogP contribution in [-0.4, -0.2) is 33.7 Å². The third-order valence-electron chi connectivity index (χ3n) is 4.28. The molecule has 0 saturated carbocycles. The van der Waals surface area contributed by atoms with Crippen LogP contribution in [-0.2, 0) is 10.3 Å². The third-order valence-corrected chi connectivity index (χ3v) is 4.72. The maximum atomic E-state index is 12.8. The summed E-state index contributed by atoms with van der Waals surface area (Å²) >= 11 is 3.29. The van der Waals surface area contributed by atoms with Crippen LogP contribution < -0.4 is 15.4 Å². The van der Waals surface area contributed by atoms with Crippen LogP contribution >= 0.6 is 15.9 Å². The SMILES string of the molecule is COc1ccc(NC(=O)C(C)(C)n2cc(NC(=O)c3cncc(Br)c3)cn2)cc1. The van der Waals surface area contributed by atoms with Crippen molar-refractivity contribution in [2.75, 3.05) is 17.7 Å². The van der Waals surface area contributed by atoms with Crippen molar-refractivity contribution in [2.45, 2.75) is 19.4 Å². The van der Waals surface area contributed by atoms with E-state index in [9.17, 15) is 9.59 Å². The minimum absolute atomic E-state index is 0.250. The van der Waals surface area contributed by atoms with Gasteiger partial charge in [0.15, 0.2) is 0 Å². The molecule has 0 radical (unpaired) electrons. The molecule has 2 amide bonds. The van der Waals surface area contributed by atoms with Gasteiger partial charge in [-0.1, -0.05) is 0 Å². The van der Waals surface area contributed by atoms with Gasteiger partial charge in [0, 0.05) is 28.8 Å². The predicted molar refractivity (Wildman–Crippen MR) is 113 cm³/mol. The summed E-state index contributed by atoms with van der Waals surface area (Å²) in [5, 5.41) is 9.85. The number of hydrogen-bond donors (Lipinski definition) is 2. The normalized spacial score (nSPS) is 11.0. The van der Waals surface area contributed by atoms with Gasteiger partial charge >= 0.3 is 0 Å². The Morgan fingerprint density at radius 1 is 1.07 bits per heavy atom. The first-order chi connectivity index (χ1) is 13.8. The smallest absolute Gasteiger partial charge is 0.257 e. The highest BCUT2D eigenvalue weighted by molar-refractivity contribution is 9.10. The van der Waals surface area contributed by atoms with E-state index in [1.54, 1.807) is 63.7 Å². The Morgan fingerprint density at radius 3 is 2.45 bits per heavy atom. The van der Waals surface area contributed by atoms with E-state index >= 15 is 0 Å². The minimum Gasteiger partial charge on any atom is -0.497 e. The van der Waals surface area contributed by atoms with Crippen LogP contribution in [0.25, 0.3) is 0 Å². The second-order valence-corrected chi connectivity index (χ2v) is 7.68. The number of nitrogens with zero attached hydrogens (tertiary/aromatic N) is 3. The van der Waals surface area contributed by atoms with E-state index in [1.807, 2.05) is 0 Å². The fraction of sp³-hybridized carbons (Fsp3) is 0.200. The molecular weight excluding hydrogens is 438 g/mol. The molecular formula is C20H20BrN5O3. The number of halogens is 1. The summed E-state index contributed by atoms with van der Waals surface area (Å²) in [6, 6.07) is 8.71. The molecule has 0 bridgehead atoms. The number of benzene rings is 1. The topological polar surface area (TPSA) is 98.1 Å². The van der Waals surface area contributed by atoms with Crippen molar-refractivity contribution in [3.8, 4) is 5.75 Å². The van der Waals surface area contributed by atoms with E-state index in [0.29, 0.717) is 27.2 Å². The number of pyridine rings is 1. The molecule has 3 aromatic rings. The molecule has 0 fully saturated rings. The molecule has 0 spiro atoms. The van der Waals surface area contributed by atoms with Crippen LogP contribution in [0, 0.1) is 0 Å². The Hall–Kier alpha value is -3.20. The molecule has 0 aliphatic heterocycles. The largest absolute Gasteiger partial charge is 0.497 e. The summed E-state index contributed by atoms with van der Waals surface area (Å²) in [5.41, 5.74) is 0.538. The lowest BCUT2D eigenvalue weighted by Crippen LogP contribution is -2.40. The Labute approximate surface area is 176 Å². The molecule has 3 rings (SSSR count). The maximum absolute atomic E-state index is 12.8. The van der Waals surface area contributed by atoms with E-state index in [-0.39, 0.29) is 11.8 Å². The summed E-state index contributed by atoms with van der Waals surface area (Å²) in [4.78, 5) is 29.1. The zero-order valence-electron chi connectivity index (χ0n) is 16.1. The van der Waals surface area contributed by atoms with E-state index in [4.69, 9.17) is 4.74 Å². The number of rotatable bonds is 6. The molecule has 2 N–H and O–H groups in total. The zero-order valence-corrected chi connectivity index (χ0v) is 17.7. The molecule has 1 aromatic carbocycles. The Kier molecular flexibility index (Phi) is 5.97. The van der Waals surface area contributed by atoms with Crippen LogP contribution in [0.1, 0.15) is 24.2 Å². The molecule has 9 heteroatoms. The molecule has 0 atom stereocenters. The van der Waals surface area contributed by atoms with Crippen molar-refractivity contribution >= 4 is 39.1 Å². The van der Waals surface area contributed by atoms with Crippen molar-refractivity contribution in [3.05, 3.63) is 65.2 Å². The van der Waals surface area contributed by atoms with Crippen molar-refractivity contribution in [2.24, 2.45) is 0 Å². The molecule has 150 valence electrons. The minimum atomic E-state index is -0.986. The molecule has 8 nitrogen and oxygen atoms in total. The fourth-order valence-electron chi connectivity index (χ4n) is 2.49. The lowest BCUT2D eigenvalue weighted by atomic mass is 10.0. The van der Waals surface area contributed by atoms with E-state index in [0.717, 1.165) is 0 Å². The Morgan fingerprint density at radius 2 is 1.79 bits per heavy atom. The second kappa shape index (κ2) is 8.44. The molecule has 0 saturated heterocycles. The lowest BCUT2D eigenvalue weighted by Gasteiger charge is -2.24. The van der Waals surface area contributed by atoms with Gasteiger partial charge in [0.1, 0.15) is 11.3 Å². The molecule has 0 unspecified atom stereocenters. The number of anilines is 2. The van der Waals surface area contributed by atoms with Gasteiger partial charge in [-0.15, -0.1) is 0 Å². The summed E-state index contributed by atoms with van der Waals surface area (Å²) in [7, 11) is 1.58. The number of methoxy groups -OCH3 is 1. The first kappa shape index (κ1) is 20.5. The number of carbonyl (C=O) groups is 2. The van der Waals surface area contributed by atoms with Gasteiger partial charge in [0.25, 0.3) is 11.8 Å². The van der Waals surface area contributed by atoms with E-state index in [2.05, 4.69) is 36.6 Å². The van der Waals surface area contributed by atoms with Crippen LogP contribution in [0.15, 0.2) is 59.6 Å². The lowest BCUT2D eigenvalue weighted by molar-refractivity contribution is -0.123. The van der Waals surface area contributed by atoms with E-state index < -0.39 is 5.54 Å². The maximum Gasteiger partial charge on any atom is 0.257 e. The third kappa shape index (κ3) is 4.80. The van der Waals surface area contributed by atoms with Crippen molar-refractivity contribution in [1.82, 2.24) is 14.8 Å². The summed E-state index contributed by atoms with van der Waals surface area (Å²) in [6.45, 7) is 3.48. The number of carbonyl (C=O) groups excluding carboxylic acids is 2. The van der Waals surface area contributed by atoms with Gasteiger partial charge in [-0.05, 0) is 60.1 Å². The standard InChI is InChI=1S/C20H20BrN5O3/c1-20(2,19(28)25-15-4-6-17(29-3)7-5-15)26-12-16(11-23-26)24-18(27)13-8-14(21)10-22-9-13/h4-12H,1-3H3,(H,24,27)(H,25,28). The van der Waals surface area contributed by atoms with Crippen molar-refractivity contribution in [3.63, 3.8) is 0 Å². The summed E-state index contributed by atoms with van der Waals surface area (Å²) < 4.78 is 7.32. The zero-order chi connectivity index (χ0) is 21.0. The average molecular weight is 458 g/mol. The first-order valence-electron chi connectivity index (χ1n) is 8.72. The summed E-state index contributed by atoms with van der Waals surface area (Å²) in [6.07, 6.45) is 6.16. The molecule has 0 aliphatic rings. The highest BCUT2D eigenvalue weighted by Crippen LogP contribution is 2.22. The highest BCUT2D eigenvalue weighted by atomic mass is 79.9. The molecule has 2 heterocycles. The quantitative estimate of drug-likeness (QED) is 0.588. The van der Waals surface area contributed by atoms with Crippen molar-refractivity contribution < 1.29 is 14.3 Å². The van der Waals surface area contributed by atoms with Crippen LogP contribution in [0.2, 0.25) is 0 Å². The number of hydrogen-bond acceptors (Lipinski definition) is 5. The van der Waals surface area contributed by atoms with Crippen molar-refractivity contribution in [1.29, 1.82) is 0 Å². The van der Waals surface area contributed by atoms with Crippen LogP contribution in [0.3, 0.4) is 0 Å². The highest BCUT2D eigenvalue weighted by Gasteiger charge is 2.31. The molecule has 2 aromatic heterocycles. The number of ether oxygens (including phenoxy) is 1. The molecule has 29 heavy (non-hydrogen) atoms. The predicted octanol–water partition coefficient (Wildman–Crippen LogP) is 3.68. The number of amides is 2. The first-order valence-corrected chi connectivity index (χ1v) is 9.51. The van der Waals surface area contributed by atoms with Gasteiger partial charge in [0.05, 0.1) is 24.6 Å². The number of aromatic nitrogens is 3. The van der Waals surface area contributed by atoms with Crippen LogP contribution in [0.4, 0.5) is 11.4 Å². The van der Waals surface area contributed by atoms with Gasteiger partial charge in [-0.3, -0.25) is 19.3 Å².